The highest BCUT2D eigenvalue weighted by Gasteiger charge is 2.41. The standard InChI is InChI=1S/C19H29N5O2/c25-19(18-15-5-1-2-6-16(15)22-23-18)21-13-17(14-4-3-7-20-12-14)24-8-10-26-11-9-24/h3-4,7,12,15-18,22-23H,1-2,5-6,8-11,13H2,(H,21,25). The van der Waals surface area contributed by atoms with Crippen LogP contribution in [-0.2, 0) is 9.53 Å². The Morgan fingerprint density at radius 1 is 1.31 bits per heavy atom. The quantitative estimate of drug-likeness (QED) is 0.715. The Balaban J connectivity index is 1.40. The van der Waals surface area contributed by atoms with E-state index in [1.807, 2.05) is 12.3 Å². The second-order valence-corrected chi connectivity index (χ2v) is 7.52. The summed E-state index contributed by atoms with van der Waals surface area (Å²) in [6, 6.07) is 4.49. The molecule has 0 spiro atoms. The van der Waals surface area contributed by atoms with Crippen molar-refractivity contribution < 1.29 is 9.53 Å². The number of carbonyl (C=O) groups excluding carboxylic acids is 1. The highest BCUT2D eigenvalue weighted by molar-refractivity contribution is 5.82. The lowest BCUT2D eigenvalue weighted by Crippen LogP contribution is -2.49. The zero-order valence-corrected chi connectivity index (χ0v) is 15.2. The molecular formula is C19H29N5O2. The second-order valence-electron chi connectivity index (χ2n) is 7.52. The van der Waals surface area contributed by atoms with Crippen molar-refractivity contribution >= 4 is 5.91 Å². The first-order valence-corrected chi connectivity index (χ1v) is 9.83. The summed E-state index contributed by atoms with van der Waals surface area (Å²) in [6.07, 6.45) is 8.45. The van der Waals surface area contributed by atoms with Gasteiger partial charge in [-0.2, -0.15) is 0 Å². The fraction of sp³-hybridized carbons (Fsp3) is 0.684. The van der Waals surface area contributed by atoms with Crippen LogP contribution >= 0.6 is 0 Å². The molecule has 1 aromatic rings. The predicted octanol–water partition coefficient (Wildman–Crippen LogP) is 0.606. The summed E-state index contributed by atoms with van der Waals surface area (Å²) in [5, 5.41) is 3.20. The lowest BCUT2D eigenvalue weighted by Gasteiger charge is -2.35. The molecule has 2 aliphatic heterocycles. The summed E-state index contributed by atoms with van der Waals surface area (Å²) in [5.41, 5.74) is 7.70. The number of hydrogen-bond donors (Lipinski definition) is 3. The largest absolute Gasteiger partial charge is 0.379 e. The number of morpholine rings is 1. The van der Waals surface area contributed by atoms with Gasteiger partial charge in [-0.15, -0.1) is 0 Å². The van der Waals surface area contributed by atoms with Gasteiger partial charge in [-0.25, -0.2) is 5.43 Å². The van der Waals surface area contributed by atoms with Crippen molar-refractivity contribution in [1.29, 1.82) is 0 Å². The molecule has 1 aromatic heterocycles. The zero-order valence-electron chi connectivity index (χ0n) is 15.2. The van der Waals surface area contributed by atoms with Crippen molar-refractivity contribution in [1.82, 2.24) is 26.1 Å². The van der Waals surface area contributed by atoms with E-state index in [-0.39, 0.29) is 18.0 Å². The Hall–Kier alpha value is -1.54. The van der Waals surface area contributed by atoms with E-state index in [9.17, 15) is 4.79 Å². The van der Waals surface area contributed by atoms with E-state index in [1.54, 1.807) is 6.20 Å². The molecule has 0 aromatic carbocycles. The number of amides is 1. The number of nitrogens with one attached hydrogen (secondary N) is 3. The molecule has 0 radical (unpaired) electrons. The molecule has 4 unspecified atom stereocenters. The van der Waals surface area contributed by atoms with Gasteiger partial charge in [0.25, 0.3) is 0 Å². The minimum absolute atomic E-state index is 0.106. The fourth-order valence-electron chi connectivity index (χ4n) is 4.53. The van der Waals surface area contributed by atoms with Gasteiger partial charge in [-0.1, -0.05) is 18.9 Å². The minimum atomic E-state index is -0.125. The number of carbonyl (C=O) groups is 1. The van der Waals surface area contributed by atoms with Gasteiger partial charge in [0.15, 0.2) is 0 Å². The van der Waals surface area contributed by atoms with Gasteiger partial charge in [-0.3, -0.25) is 20.1 Å². The van der Waals surface area contributed by atoms with E-state index in [0.29, 0.717) is 18.5 Å². The smallest absolute Gasteiger partial charge is 0.238 e. The summed E-state index contributed by atoms with van der Waals surface area (Å²) < 4.78 is 5.49. The van der Waals surface area contributed by atoms with Crippen molar-refractivity contribution in [3.8, 4) is 0 Å². The molecule has 7 heteroatoms. The van der Waals surface area contributed by atoms with E-state index >= 15 is 0 Å². The number of fused-ring (bicyclic) bond motifs is 1. The van der Waals surface area contributed by atoms with E-state index < -0.39 is 0 Å². The topological polar surface area (TPSA) is 78.5 Å². The third-order valence-electron chi connectivity index (χ3n) is 5.98. The van der Waals surface area contributed by atoms with Crippen LogP contribution in [0.15, 0.2) is 24.5 Å². The molecule has 3 heterocycles. The van der Waals surface area contributed by atoms with Crippen LogP contribution in [0, 0.1) is 5.92 Å². The Morgan fingerprint density at radius 3 is 2.96 bits per heavy atom. The maximum atomic E-state index is 12.8. The van der Waals surface area contributed by atoms with Crippen LogP contribution in [0.4, 0.5) is 0 Å². The molecule has 3 N–H and O–H groups in total. The Kier molecular flexibility index (Phi) is 5.79. The van der Waals surface area contributed by atoms with Gasteiger partial charge in [0, 0.05) is 44.0 Å². The summed E-state index contributed by atoms with van der Waals surface area (Å²) >= 11 is 0. The maximum absolute atomic E-state index is 12.8. The molecule has 26 heavy (non-hydrogen) atoms. The third kappa shape index (κ3) is 3.91. The van der Waals surface area contributed by atoms with E-state index in [4.69, 9.17) is 4.74 Å². The van der Waals surface area contributed by atoms with Gasteiger partial charge in [-0.05, 0) is 24.5 Å². The SMILES string of the molecule is O=C(NCC(c1cccnc1)N1CCOCC1)C1NNC2CCCCC21. The Morgan fingerprint density at radius 2 is 2.15 bits per heavy atom. The molecule has 4 rings (SSSR count). The molecule has 2 saturated heterocycles. The van der Waals surface area contributed by atoms with Crippen LogP contribution in [0.2, 0.25) is 0 Å². The number of aromatic nitrogens is 1. The summed E-state index contributed by atoms with van der Waals surface area (Å²) in [4.78, 5) is 19.5. The average molecular weight is 359 g/mol. The molecular weight excluding hydrogens is 330 g/mol. The molecule has 4 atom stereocenters. The van der Waals surface area contributed by atoms with Crippen molar-refractivity contribution in [3.05, 3.63) is 30.1 Å². The first-order chi connectivity index (χ1) is 12.8. The molecule has 1 aliphatic carbocycles. The predicted molar refractivity (Wildman–Crippen MR) is 98.2 cm³/mol. The second kappa shape index (κ2) is 8.43. The van der Waals surface area contributed by atoms with E-state index in [0.717, 1.165) is 44.7 Å². The summed E-state index contributed by atoms with van der Waals surface area (Å²) in [5.74, 6) is 0.512. The molecule has 3 aliphatic rings. The number of nitrogens with zero attached hydrogens (tertiary/aromatic N) is 2. The average Bonchev–Trinajstić information content (AvgIpc) is 3.14. The molecule has 3 fully saturated rings. The van der Waals surface area contributed by atoms with Gasteiger partial charge >= 0.3 is 0 Å². The van der Waals surface area contributed by atoms with E-state index in [2.05, 4.69) is 32.1 Å². The third-order valence-corrected chi connectivity index (χ3v) is 5.98. The lowest BCUT2D eigenvalue weighted by molar-refractivity contribution is -0.124. The van der Waals surface area contributed by atoms with Crippen LogP contribution in [0.25, 0.3) is 0 Å². The monoisotopic (exact) mass is 359 g/mol. The number of ether oxygens (including phenoxy) is 1. The van der Waals surface area contributed by atoms with Gasteiger partial charge in [0.1, 0.15) is 6.04 Å². The molecule has 7 nitrogen and oxygen atoms in total. The number of hydrogen-bond acceptors (Lipinski definition) is 6. The Bertz CT molecular complexity index is 593. The normalized spacial score (nSPS) is 30.5. The maximum Gasteiger partial charge on any atom is 0.238 e. The molecule has 142 valence electrons. The first kappa shape index (κ1) is 17.9. The molecule has 0 bridgehead atoms. The molecule has 1 amide bonds. The summed E-state index contributed by atoms with van der Waals surface area (Å²) in [6.45, 7) is 3.83. The van der Waals surface area contributed by atoms with Crippen molar-refractivity contribution in [2.24, 2.45) is 5.92 Å². The van der Waals surface area contributed by atoms with Crippen LogP contribution in [-0.4, -0.2) is 60.7 Å². The zero-order chi connectivity index (χ0) is 17.8. The van der Waals surface area contributed by atoms with Crippen LogP contribution < -0.4 is 16.2 Å². The minimum Gasteiger partial charge on any atom is -0.379 e. The number of rotatable bonds is 5. The van der Waals surface area contributed by atoms with Crippen molar-refractivity contribution in [2.75, 3.05) is 32.8 Å². The number of hydrazine groups is 1. The first-order valence-electron chi connectivity index (χ1n) is 9.83. The molecule has 1 saturated carbocycles. The van der Waals surface area contributed by atoms with Crippen molar-refractivity contribution in [3.63, 3.8) is 0 Å². The van der Waals surface area contributed by atoms with Gasteiger partial charge in [0.05, 0.1) is 19.3 Å². The van der Waals surface area contributed by atoms with Crippen molar-refractivity contribution in [2.45, 2.75) is 43.8 Å². The Labute approximate surface area is 154 Å². The van der Waals surface area contributed by atoms with Gasteiger partial charge in [0.2, 0.25) is 5.91 Å². The van der Waals surface area contributed by atoms with Crippen LogP contribution in [0.3, 0.4) is 0 Å². The number of pyridine rings is 1. The van der Waals surface area contributed by atoms with Crippen LogP contribution in [0.5, 0.6) is 0 Å². The van der Waals surface area contributed by atoms with E-state index in [1.165, 1.54) is 12.8 Å². The lowest BCUT2D eigenvalue weighted by atomic mass is 9.81. The fourth-order valence-corrected chi connectivity index (χ4v) is 4.53. The van der Waals surface area contributed by atoms with Gasteiger partial charge < -0.3 is 10.1 Å². The highest BCUT2D eigenvalue weighted by atomic mass is 16.5. The summed E-state index contributed by atoms with van der Waals surface area (Å²) in [7, 11) is 0. The van der Waals surface area contributed by atoms with Crippen LogP contribution in [0.1, 0.15) is 37.3 Å². The highest BCUT2D eigenvalue weighted by Crippen LogP contribution is 2.30.